The molecule has 0 amide bonds. The first-order valence-corrected chi connectivity index (χ1v) is 8.54. The third-order valence-electron chi connectivity index (χ3n) is 2.63. The molecule has 9 heteroatoms. The van der Waals surface area contributed by atoms with Crippen molar-refractivity contribution in [2.75, 3.05) is 6.54 Å². The minimum absolute atomic E-state index is 0.00823. The second kappa shape index (κ2) is 6.52. The Balaban J connectivity index is 2.12. The highest BCUT2D eigenvalue weighted by Gasteiger charge is 2.18. The molecule has 0 aliphatic heterocycles. The Morgan fingerprint density at radius 2 is 2.19 bits per heavy atom. The van der Waals surface area contributed by atoms with Gasteiger partial charge in [0.25, 0.3) is 0 Å². The molecular formula is C12H11ClN2O4S2. The third-order valence-corrected chi connectivity index (χ3v) is 5.25. The van der Waals surface area contributed by atoms with Crippen molar-refractivity contribution in [1.29, 1.82) is 0 Å². The van der Waals surface area contributed by atoms with E-state index >= 15 is 0 Å². The van der Waals surface area contributed by atoms with Crippen molar-refractivity contribution < 1.29 is 18.3 Å². The number of thiazole rings is 1. The van der Waals surface area contributed by atoms with Crippen molar-refractivity contribution >= 4 is 38.9 Å². The average molecular weight is 347 g/mol. The standard InChI is InChI=1S/C12H11ClN2O4S2/c13-11-2-1-9(5-10(11)12(16)17)21(18,19)15-4-3-8-6-14-7-20-8/h1-2,5-7,15H,3-4H2,(H,16,17). The summed E-state index contributed by atoms with van der Waals surface area (Å²) in [7, 11) is -3.77. The summed E-state index contributed by atoms with van der Waals surface area (Å²) in [6.45, 7) is 0.204. The lowest BCUT2D eigenvalue weighted by molar-refractivity contribution is 0.0697. The fourth-order valence-corrected chi connectivity index (χ4v) is 3.45. The second-order valence-corrected chi connectivity index (χ2v) is 7.21. The number of hydrogen-bond donors (Lipinski definition) is 2. The van der Waals surface area contributed by atoms with Gasteiger partial charge in [0.05, 0.1) is 21.0 Å². The first-order valence-electron chi connectivity index (χ1n) is 5.80. The van der Waals surface area contributed by atoms with Crippen LogP contribution >= 0.6 is 22.9 Å². The largest absolute Gasteiger partial charge is 0.478 e. The van der Waals surface area contributed by atoms with Crippen LogP contribution in [0.4, 0.5) is 0 Å². The molecule has 2 rings (SSSR count). The Kier molecular flexibility index (Phi) is 4.94. The summed E-state index contributed by atoms with van der Waals surface area (Å²) in [5, 5.41) is 8.94. The summed E-state index contributed by atoms with van der Waals surface area (Å²) in [6.07, 6.45) is 2.19. The van der Waals surface area contributed by atoms with E-state index in [0.717, 1.165) is 10.9 Å². The number of nitrogens with one attached hydrogen (secondary N) is 1. The Morgan fingerprint density at radius 1 is 1.43 bits per heavy atom. The number of nitrogens with zero attached hydrogens (tertiary/aromatic N) is 1. The number of carboxylic acid groups (broad SMARTS) is 1. The molecule has 6 nitrogen and oxygen atoms in total. The molecule has 0 radical (unpaired) electrons. The number of benzene rings is 1. The van der Waals surface area contributed by atoms with Gasteiger partial charge in [0.15, 0.2) is 0 Å². The molecule has 0 aliphatic carbocycles. The molecule has 0 bridgehead atoms. The van der Waals surface area contributed by atoms with Gasteiger partial charge >= 0.3 is 5.97 Å². The van der Waals surface area contributed by atoms with Gasteiger partial charge in [-0.15, -0.1) is 11.3 Å². The number of carbonyl (C=O) groups is 1. The van der Waals surface area contributed by atoms with E-state index in [1.807, 2.05) is 0 Å². The van der Waals surface area contributed by atoms with Gasteiger partial charge in [0.2, 0.25) is 10.0 Å². The first kappa shape index (κ1) is 15.9. The van der Waals surface area contributed by atoms with Crippen LogP contribution in [0.5, 0.6) is 0 Å². The number of hydrogen-bond acceptors (Lipinski definition) is 5. The maximum absolute atomic E-state index is 12.1. The molecule has 1 aromatic carbocycles. The van der Waals surface area contributed by atoms with E-state index in [9.17, 15) is 13.2 Å². The molecule has 2 N–H and O–H groups in total. The van der Waals surface area contributed by atoms with Crippen molar-refractivity contribution in [3.8, 4) is 0 Å². The molecule has 112 valence electrons. The van der Waals surface area contributed by atoms with Gasteiger partial charge in [-0.3, -0.25) is 4.98 Å². The van der Waals surface area contributed by atoms with Crippen LogP contribution in [0.1, 0.15) is 15.2 Å². The van der Waals surface area contributed by atoms with Crippen molar-refractivity contribution in [1.82, 2.24) is 9.71 Å². The molecule has 21 heavy (non-hydrogen) atoms. The monoisotopic (exact) mass is 346 g/mol. The number of aromatic carboxylic acids is 1. The van der Waals surface area contributed by atoms with E-state index in [-0.39, 0.29) is 22.0 Å². The van der Waals surface area contributed by atoms with Crippen LogP contribution in [-0.4, -0.2) is 31.0 Å². The summed E-state index contributed by atoms with van der Waals surface area (Å²) in [6, 6.07) is 3.56. The highest BCUT2D eigenvalue weighted by Crippen LogP contribution is 2.20. The molecule has 0 spiro atoms. The van der Waals surface area contributed by atoms with Crippen molar-refractivity contribution in [3.63, 3.8) is 0 Å². The fourth-order valence-electron chi connectivity index (χ4n) is 1.59. The summed E-state index contributed by atoms with van der Waals surface area (Å²) >= 11 is 7.15. The smallest absolute Gasteiger partial charge is 0.337 e. The predicted molar refractivity (Wildman–Crippen MR) is 79.4 cm³/mol. The number of rotatable bonds is 6. The Bertz CT molecular complexity index is 745. The van der Waals surface area contributed by atoms with Gasteiger partial charge in [-0.25, -0.2) is 17.9 Å². The normalized spacial score (nSPS) is 11.5. The summed E-state index contributed by atoms with van der Waals surface area (Å²) < 4.78 is 26.6. The van der Waals surface area contributed by atoms with Crippen LogP contribution in [0.2, 0.25) is 5.02 Å². The predicted octanol–water partition coefficient (Wildman–Crippen LogP) is 2.02. The molecule has 0 aliphatic rings. The van der Waals surface area contributed by atoms with Crippen LogP contribution in [0.25, 0.3) is 0 Å². The minimum atomic E-state index is -3.77. The molecule has 2 aromatic rings. The van der Waals surface area contributed by atoms with E-state index < -0.39 is 16.0 Å². The Hall–Kier alpha value is -1.48. The quantitative estimate of drug-likeness (QED) is 0.834. The van der Waals surface area contributed by atoms with Crippen LogP contribution in [0.3, 0.4) is 0 Å². The van der Waals surface area contributed by atoms with Crippen molar-refractivity contribution in [2.45, 2.75) is 11.3 Å². The lowest BCUT2D eigenvalue weighted by Gasteiger charge is -2.07. The summed E-state index contributed by atoms with van der Waals surface area (Å²) in [5.41, 5.74) is 1.42. The van der Waals surface area contributed by atoms with E-state index in [0.29, 0.717) is 6.42 Å². The summed E-state index contributed by atoms with van der Waals surface area (Å²) in [5.74, 6) is -1.28. The SMILES string of the molecule is O=C(O)c1cc(S(=O)(=O)NCCc2cncs2)ccc1Cl. The van der Waals surface area contributed by atoms with E-state index in [1.54, 1.807) is 11.7 Å². The topological polar surface area (TPSA) is 96.4 Å². The number of sulfonamides is 1. The molecule has 0 atom stereocenters. The number of halogens is 1. The van der Waals surface area contributed by atoms with Crippen LogP contribution < -0.4 is 4.72 Å². The fraction of sp³-hybridized carbons (Fsp3) is 0.167. The zero-order valence-corrected chi connectivity index (χ0v) is 13.0. The van der Waals surface area contributed by atoms with Gasteiger partial charge in [-0.1, -0.05) is 11.6 Å². The van der Waals surface area contributed by atoms with Gasteiger partial charge < -0.3 is 5.11 Å². The van der Waals surface area contributed by atoms with Gasteiger partial charge in [0.1, 0.15) is 0 Å². The molecule has 0 saturated carbocycles. The van der Waals surface area contributed by atoms with E-state index in [4.69, 9.17) is 16.7 Å². The number of aromatic nitrogens is 1. The maximum atomic E-state index is 12.1. The lowest BCUT2D eigenvalue weighted by atomic mass is 10.2. The Labute approximate surface area is 130 Å². The molecule has 0 saturated heterocycles. The molecule has 1 heterocycles. The third kappa shape index (κ3) is 4.01. The molecule has 1 aromatic heterocycles. The molecular weight excluding hydrogens is 336 g/mol. The van der Waals surface area contributed by atoms with Gasteiger partial charge in [-0.2, -0.15) is 0 Å². The maximum Gasteiger partial charge on any atom is 0.337 e. The summed E-state index contributed by atoms with van der Waals surface area (Å²) in [4.78, 5) is 15.7. The minimum Gasteiger partial charge on any atom is -0.478 e. The van der Waals surface area contributed by atoms with Crippen LogP contribution in [-0.2, 0) is 16.4 Å². The second-order valence-electron chi connectivity index (χ2n) is 4.06. The van der Waals surface area contributed by atoms with Crippen LogP contribution in [0, 0.1) is 0 Å². The average Bonchev–Trinajstić information content (AvgIpc) is 2.91. The Morgan fingerprint density at radius 3 is 2.81 bits per heavy atom. The first-order chi connectivity index (χ1) is 9.90. The van der Waals surface area contributed by atoms with Gasteiger partial charge in [0, 0.05) is 17.6 Å². The lowest BCUT2D eigenvalue weighted by Crippen LogP contribution is -2.26. The molecule has 0 fully saturated rings. The van der Waals surface area contributed by atoms with E-state index in [1.165, 1.54) is 23.5 Å². The highest BCUT2D eigenvalue weighted by molar-refractivity contribution is 7.89. The van der Waals surface area contributed by atoms with Crippen molar-refractivity contribution in [3.05, 3.63) is 45.4 Å². The van der Waals surface area contributed by atoms with E-state index in [2.05, 4.69) is 9.71 Å². The zero-order valence-electron chi connectivity index (χ0n) is 10.6. The number of carboxylic acids is 1. The van der Waals surface area contributed by atoms with Gasteiger partial charge in [-0.05, 0) is 24.6 Å². The van der Waals surface area contributed by atoms with Crippen LogP contribution in [0.15, 0.2) is 34.8 Å². The molecule has 0 unspecified atom stereocenters. The van der Waals surface area contributed by atoms with Crippen molar-refractivity contribution in [2.24, 2.45) is 0 Å². The zero-order chi connectivity index (χ0) is 15.5. The highest BCUT2D eigenvalue weighted by atomic mass is 35.5.